The zero-order chi connectivity index (χ0) is 53.8. The van der Waals surface area contributed by atoms with Crippen LogP contribution in [0.2, 0.25) is 0 Å². The fourth-order valence-electron chi connectivity index (χ4n) is 13.1. The molecule has 7 N–H and O–H groups in total. The molecule has 4 aliphatic heterocycles. The summed E-state index contributed by atoms with van der Waals surface area (Å²) in [6.45, 7) is 5.27. The fourth-order valence-corrected chi connectivity index (χ4v) is 13.1. The maximum Gasteiger partial charge on any atom is 0.192 e. The molecule has 5 aromatic carbocycles. The largest absolute Gasteiger partial charge is 0.508 e. The van der Waals surface area contributed by atoms with Crippen molar-refractivity contribution in [2.24, 2.45) is 22.6 Å². The van der Waals surface area contributed by atoms with Crippen molar-refractivity contribution < 1.29 is 44.2 Å². The number of carbonyl (C=O) groups is 1. The molecule has 5 aromatic rings. The van der Waals surface area contributed by atoms with E-state index in [0.29, 0.717) is 92.3 Å². The molecule has 3 aliphatic carbocycles. The molecule has 7 aliphatic rings. The van der Waals surface area contributed by atoms with Gasteiger partial charge >= 0.3 is 0 Å². The third-order valence-electron chi connectivity index (χ3n) is 16.9. The number of nitrogens with one attached hydrogen (secondary N) is 1. The lowest BCUT2D eigenvalue weighted by Gasteiger charge is -2.44. The molecule has 0 saturated carbocycles. The van der Waals surface area contributed by atoms with E-state index in [2.05, 4.69) is 83.9 Å². The molecule has 0 aromatic heterocycles. The van der Waals surface area contributed by atoms with Crippen LogP contribution in [0.3, 0.4) is 0 Å². The lowest BCUT2D eigenvalue weighted by Crippen LogP contribution is -2.37. The van der Waals surface area contributed by atoms with Crippen LogP contribution in [0.1, 0.15) is 145 Å². The van der Waals surface area contributed by atoms with Gasteiger partial charge < -0.3 is 50.4 Å². The van der Waals surface area contributed by atoms with E-state index in [1.165, 1.54) is 5.56 Å². The minimum absolute atomic E-state index is 0.000984. The van der Waals surface area contributed by atoms with Crippen molar-refractivity contribution in [3.8, 4) is 29.3 Å². The molecule has 0 saturated heterocycles. The summed E-state index contributed by atoms with van der Waals surface area (Å²) in [5.74, 6) is 4.92. The quantitative estimate of drug-likeness (QED) is 0.0217. The number of ether oxygens (including phenoxy) is 4. The molecule has 0 fully saturated rings. The molecule has 11 bridgehead atoms. The number of guanidine groups is 1. The minimum atomic E-state index is -1.87. The van der Waals surface area contributed by atoms with Gasteiger partial charge in [0, 0.05) is 60.7 Å². The first-order chi connectivity index (χ1) is 37.4. The third-order valence-corrected chi connectivity index (χ3v) is 16.9. The predicted octanol–water partition coefficient (Wildman–Crippen LogP) is 11.6. The number of methoxy groups -OCH3 is 1. The first kappa shape index (κ1) is 53.4. The first-order valence-corrected chi connectivity index (χ1v) is 27.7. The van der Waals surface area contributed by atoms with Gasteiger partial charge in [0.25, 0.3) is 0 Å². The van der Waals surface area contributed by atoms with Crippen molar-refractivity contribution in [3.05, 3.63) is 158 Å². The number of phenolic OH excluding ortho intramolecular Hbond substituents is 1. The SMILES string of the molecule is CCOCCc1cccc(C2CCC3=CC(CCCCc4cccc(NC(N)=NC)c4)C(C=C3O)CC3CC(=O)CCc4ccc(OC)c(c4)OCc4c(C(O)O)c5c6c(c(O)cc7c6c4C=CC7C)C2(C#CO3)CC5)c1. The number of nitrogens with zero attached hydrogens (tertiary/aromatic N) is 1. The molecule has 4 heterocycles. The highest BCUT2D eigenvalue weighted by atomic mass is 16.5. The maximum absolute atomic E-state index is 14.4. The number of rotatable bonds is 13. The summed E-state index contributed by atoms with van der Waals surface area (Å²) in [5, 5.41) is 53.2. The molecular weight excluding hydrogens is 967 g/mol. The summed E-state index contributed by atoms with van der Waals surface area (Å²) in [6.07, 6.45) is 16.6. The van der Waals surface area contributed by atoms with E-state index >= 15 is 0 Å². The van der Waals surface area contributed by atoms with Crippen LogP contribution in [0, 0.1) is 23.9 Å². The second kappa shape index (κ2) is 23.3. The Kier molecular flexibility index (Phi) is 16.1. The Morgan fingerprint density at radius 3 is 2.60 bits per heavy atom. The number of hydrogen-bond acceptors (Lipinski definition) is 10. The number of aliphatic imine (C=N–C) groups is 1. The summed E-state index contributed by atoms with van der Waals surface area (Å²) in [7, 11) is 3.24. The van der Waals surface area contributed by atoms with Gasteiger partial charge in [0.1, 0.15) is 36.1 Å². The fraction of sp³-hybridized carbons (Fsp3) is 0.415. The van der Waals surface area contributed by atoms with E-state index in [1.807, 2.05) is 49.4 Å². The monoisotopic (exact) mass is 1040 g/mol. The zero-order valence-corrected chi connectivity index (χ0v) is 44.9. The van der Waals surface area contributed by atoms with Gasteiger partial charge in [-0.3, -0.25) is 9.79 Å². The normalized spacial score (nSPS) is 23.0. The molecule has 12 rings (SSSR count). The van der Waals surface area contributed by atoms with Crippen molar-refractivity contribution >= 4 is 34.3 Å². The van der Waals surface area contributed by atoms with Gasteiger partial charge in [0.15, 0.2) is 23.7 Å². The Labute approximate surface area is 452 Å². The third kappa shape index (κ3) is 11.1. The summed E-state index contributed by atoms with van der Waals surface area (Å²) in [4.78, 5) is 18.4. The van der Waals surface area contributed by atoms with Crippen molar-refractivity contribution in [2.45, 2.75) is 134 Å². The summed E-state index contributed by atoms with van der Waals surface area (Å²) >= 11 is 0. The Balaban J connectivity index is 1.14. The van der Waals surface area contributed by atoms with E-state index in [4.69, 9.17) is 24.7 Å². The standard InChI is InChI=1S/C65H73N3O9/c1-5-75-28-25-41-11-8-14-44(30-41)54-22-19-45-33-43(13-7-6-10-40-12-9-15-47(31-40)68-64(66)67-3)46(35-55(45)70)34-49-36-48(69)20-17-42-18-23-57(74-4)58(32-42)77-38-53-50-21-16-39(2)52-37-56(71)62-61(59(50)52)51(60(53)63(72)73)24-26-65(54,62)27-29-76-49/h8-9,11-12,14-16,18,21,23,30-33,35,37,39,43,46,49,54,63,70-73H,5-7,10,13,17,19-20,22,24-26,28,34,36,38H2,1-4H3,(H3,66,67,68). The number of aromatic hydroxyl groups is 1. The molecular formula is C65H73N3O9. The zero-order valence-electron chi connectivity index (χ0n) is 44.9. The molecule has 0 radical (unpaired) electrons. The number of aliphatic hydroxyl groups excluding tert-OH is 2. The van der Waals surface area contributed by atoms with Crippen LogP contribution in [-0.2, 0) is 52.0 Å². The van der Waals surface area contributed by atoms with Crippen molar-refractivity contribution in [1.82, 2.24) is 0 Å². The second-order valence-electron chi connectivity index (χ2n) is 21.6. The highest BCUT2D eigenvalue weighted by molar-refractivity contribution is 6.04. The van der Waals surface area contributed by atoms with Crippen LogP contribution in [0.4, 0.5) is 5.69 Å². The van der Waals surface area contributed by atoms with Crippen LogP contribution in [0.15, 0.2) is 107 Å². The highest BCUT2D eigenvalue weighted by Gasteiger charge is 2.48. The van der Waals surface area contributed by atoms with E-state index in [0.717, 1.165) is 81.1 Å². The van der Waals surface area contributed by atoms with Gasteiger partial charge in [-0.15, -0.1) is 0 Å². The number of carbonyl (C=O) groups excluding carboxylic acids is 1. The number of anilines is 1. The number of ketones is 1. The topological polar surface area (TPSA) is 185 Å². The molecule has 402 valence electrons. The number of allylic oxidation sites excluding steroid dienone is 4. The van der Waals surface area contributed by atoms with Crippen LogP contribution >= 0.6 is 0 Å². The summed E-state index contributed by atoms with van der Waals surface area (Å²) in [6, 6.07) is 24.4. The molecule has 6 atom stereocenters. The number of phenols is 1. The van der Waals surface area contributed by atoms with E-state index in [9.17, 15) is 25.2 Å². The number of benzene rings is 5. The number of unbranched alkanes of at least 4 members (excludes halogenated alkanes) is 1. The number of Topliss-reactive ketones (excluding diaryl/α,β-unsaturated/α-hetero) is 1. The molecule has 12 heteroatoms. The van der Waals surface area contributed by atoms with Gasteiger partial charge in [0.2, 0.25) is 0 Å². The van der Waals surface area contributed by atoms with Crippen LogP contribution in [0.25, 0.3) is 16.8 Å². The van der Waals surface area contributed by atoms with E-state index < -0.39 is 17.8 Å². The Morgan fingerprint density at radius 2 is 1.79 bits per heavy atom. The number of aliphatic hydroxyl groups is 3. The van der Waals surface area contributed by atoms with Crippen LogP contribution < -0.4 is 20.5 Å². The average Bonchev–Trinajstić information content (AvgIpc) is 3.63. The maximum atomic E-state index is 14.4. The van der Waals surface area contributed by atoms with Crippen molar-refractivity contribution in [1.29, 1.82) is 0 Å². The van der Waals surface area contributed by atoms with Crippen molar-refractivity contribution in [3.63, 3.8) is 0 Å². The van der Waals surface area contributed by atoms with Gasteiger partial charge in [-0.2, -0.15) is 0 Å². The smallest absolute Gasteiger partial charge is 0.192 e. The van der Waals surface area contributed by atoms with Gasteiger partial charge in [-0.05, 0) is 181 Å². The molecule has 12 nitrogen and oxygen atoms in total. The van der Waals surface area contributed by atoms with Gasteiger partial charge in [-0.25, -0.2) is 0 Å². The second-order valence-corrected chi connectivity index (χ2v) is 21.6. The lowest BCUT2D eigenvalue weighted by molar-refractivity contribution is -0.121. The first-order valence-electron chi connectivity index (χ1n) is 27.7. The Hall–Kier alpha value is -7.04. The highest BCUT2D eigenvalue weighted by Crippen LogP contribution is 2.58. The number of hydrogen-bond donors (Lipinski definition) is 6. The number of fused-ring (bicyclic) bond motifs is 7. The van der Waals surface area contributed by atoms with E-state index in [1.54, 1.807) is 14.2 Å². The summed E-state index contributed by atoms with van der Waals surface area (Å²) < 4.78 is 25.2. The van der Waals surface area contributed by atoms with Crippen molar-refractivity contribution in [2.75, 3.05) is 32.7 Å². The molecule has 77 heavy (non-hydrogen) atoms. The Bertz CT molecular complexity index is 3230. The minimum Gasteiger partial charge on any atom is -0.508 e. The number of nitrogens with two attached hydrogens (primary N) is 1. The molecule has 1 spiro atoms. The number of aryl methyl sites for hydroxylation is 3. The van der Waals surface area contributed by atoms with Crippen LogP contribution in [-0.4, -0.2) is 65.6 Å². The van der Waals surface area contributed by atoms with Gasteiger partial charge in [-0.1, -0.05) is 74.0 Å². The van der Waals surface area contributed by atoms with Crippen LogP contribution in [0.5, 0.6) is 17.2 Å². The summed E-state index contributed by atoms with van der Waals surface area (Å²) in [5.41, 5.74) is 14.9. The van der Waals surface area contributed by atoms with Gasteiger partial charge in [0.05, 0.1) is 19.1 Å². The lowest BCUT2D eigenvalue weighted by atomic mass is 9.58. The van der Waals surface area contributed by atoms with E-state index in [-0.39, 0.29) is 60.4 Å². The molecule has 0 amide bonds. The molecule has 6 unspecified atom stereocenters. The predicted molar refractivity (Wildman–Crippen MR) is 302 cm³/mol. The average molecular weight is 1040 g/mol. The Morgan fingerprint density at radius 1 is 0.961 bits per heavy atom.